The average molecular weight is 446 g/mol. The van der Waals surface area contributed by atoms with Gasteiger partial charge in [0.2, 0.25) is 0 Å². The van der Waals surface area contributed by atoms with Crippen molar-refractivity contribution >= 4 is 35.0 Å². The van der Waals surface area contributed by atoms with E-state index < -0.39 is 35.3 Å². The maximum absolute atomic E-state index is 13.3. The number of hydrogen-bond donors (Lipinski definition) is 2. The number of ketones is 1. The van der Waals surface area contributed by atoms with Gasteiger partial charge < -0.3 is 15.1 Å². The van der Waals surface area contributed by atoms with Crippen LogP contribution in [0.15, 0.2) is 54.1 Å². The third-order valence-corrected chi connectivity index (χ3v) is 5.49. The molecule has 8 heteroatoms. The lowest BCUT2D eigenvalue weighted by atomic mass is 9.95. The molecule has 2 aromatic rings. The highest BCUT2D eigenvalue weighted by Gasteiger charge is 2.46. The molecule has 162 valence electrons. The molecule has 1 aliphatic rings. The number of carboxylic acids is 1. The van der Waals surface area contributed by atoms with Gasteiger partial charge in [-0.1, -0.05) is 36.2 Å². The van der Waals surface area contributed by atoms with Crippen LogP contribution in [0.5, 0.6) is 0 Å². The summed E-state index contributed by atoms with van der Waals surface area (Å²) in [5.41, 5.74) is 0.575. The van der Waals surface area contributed by atoms with E-state index in [1.54, 1.807) is 24.3 Å². The first-order valence-corrected chi connectivity index (χ1v) is 10.2. The van der Waals surface area contributed by atoms with Crippen molar-refractivity contribution in [3.05, 3.63) is 76.1 Å². The fourth-order valence-electron chi connectivity index (χ4n) is 3.63. The molecule has 6 nitrogen and oxygen atoms in total. The number of nitrogens with zero attached hydrogens (tertiary/aromatic N) is 1. The second-order valence-corrected chi connectivity index (χ2v) is 7.63. The largest absolute Gasteiger partial charge is 0.507 e. The van der Waals surface area contributed by atoms with Crippen molar-refractivity contribution in [1.82, 2.24) is 4.90 Å². The van der Waals surface area contributed by atoms with Crippen LogP contribution in [0.4, 0.5) is 4.39 Å². The number of carbonyl (C=O) groups is 3. The van der Waals surface area contributed by atoms with Gasteiger partial charge in [-0.3, -0.25) is 14.4 Å². The zero-order valence-electron chi connectivity index (χ0n) is 16.6. The lowest BCUT2D eigenvalue weighted by molar-refractivity contribution is -0.140. The number of Topliss-reactive ketones (excluding diaryl/α,β-unsaturated/α-hetero) is 1. The van der Waals surface area contributed by atoms with Crippen molar-refractivity contribution in [2.75, 3.05) is 6.54 Å². The van der Waals surface area contributed by atoms with E-state index in [2.05, 4.69) is 0 Å². The van der Waals surface area contributed by atoms with E-state index in [0.29, 0.717) is 29.8 Å². The summed E-state index contributed by atoms with van der Waals surface area (Å²) in [7, 11) is 0. The number of aliphatic carboxylic acids is 1. The molecule has 0 saturated carbocycles. The molecule has 0 aromatic heterocycles. The van der Waals surface area contributed by atoms with Gasteiger partial charge in [-0.15, -0.1) is 0 Å². The number of hydrogen-bond acceptors (Lipinski definition) is 4. The average Bonchev–Trinajstić information content (AvgIpc) is 2.98. The predicted octanol–water partition coefficient (Wildman–Crippen LogP) is 4.55. The Morgan fingerprint density at radius 1 is 1.00 bits per heavy atom. The molecule has 1 unspecified atom stereocenters. The Labute approximate surface area is 183 Å². The summed E-state index contributed by atoms with van der Waals surface area (Å²) < 4.78 is 13.3. The molecule has 1 fully saturated rings. The molecule has 1 amide bonds. The summed E-state index contributed by atoms with van der Waals surface area (Å²) in [6, 6.07) is 10.8. The highest BCUT2D eigenvalue weighted by molar-refractivity contribution is 6.47. The van der Waals surface area contributed by atoms with Crippen LogP contribution < -0.4 is 0 Å². The van der Waals surface area contributed by atoms with Crippen molar-refractivity contribution in [3.8, 4) is 0 Å². The van der Waals surface area contributed by atoms with Crippen molar-refractivity contribution in [1.29, 1.82) is 0 Å². The number of aliphatic hydroxyl groups is 1. The van der Waals surface area contributed by atoms with Crippen molar-refractivity contribution < 1.29 is 29.0 Å². The molecule has 1 saturated heterocycles. The van der Waals surface area contributed by atoms with Gasteiger partial charge in [0.15, 0.2) is 0 Å². The molecule has 0 aliphatic carbocycles. The minimum absolute atomic E-state index is 0.0251. The minimum atomic E-state index is -0.904. The van der Waals surface area contributed by atoms with Crippen LogP contribution in [-0.2, 0) is 14.4 Å². The maximum atomic E-state index is 13.3. The third kappa shape index (κ3) is 4.94. The van der Waals surface area contributed by atoms with Gasteiger partial charge in [0, 0.05) is 23.6 Å². The predicted molar refractivity (Wildman–Crippen MR) is 113 cm³/mol. The fraction of sp³-hybridized carbons (Fsp3) is 0.261. The molecule has 0 radical (unpaired) electrons. The van der Waals surface area contributed by atoms with Crippen LogP contribution >= 0.6 is 11.6 Å². The van der Waals surface area contributed by atoms with E-state index in [0.717, 1.165) is 12.1 Å². The van der Waals surface area contributed by atoms with Gasteiger partial charge in [-0.2, -0.15) is 0 Å². The quantitative estimate of drug-likeness (QED) is 0.269. The van der Waals surface area contributed by atoms with E-state index in [1.165, 1.54) is 17.0 Å². The smallest absolute Gasteiger partial charge is 0.303 e. The standard InChI is InChI=1S/C23H21ClFNO5/c24-17-7-4-3-6-16(17)20-19(21(29)14-9-11-15(25)12-10-14)22(30)23(31)26(20)13-5-1-2-8-18(27)28/h3-4,6-7,9-12,20,29H,1-2,5,8,13H2,(H,27,28)/b21-19-. The molecule has 0 spiro atoms. The van der Waals surface area contributed by atoms with Gasteiger partial charge in [0.05, 0.1) is 11.6 Å². The Kier molecular flexibility index (Phi) is 7.07. The Morgan fingerprint density at radius 2 is 1.68 bits per heavy atom. The van der Waals surface area contributed by atoms with Gasteiger partial charge in [-0.05, 0) is 48.7 Å². The lowest BCUT2D eigenvalue weighted by Gasteiger charge is -2.26. The van der Waals surface area contributed by atoms with E-state index in [1.807, 2.05) is 0 Å². The Morgan fingerprint density at radius 3 is 2.32 bits per heavy atom. The second kappa shape index (κ2) is 9.75. The van der Waals surface area contributed by atoms with Gasteiger partial charge >= 0.3 is 5.97 Å². The SMILES string of the molecule is O=C(O)CCCCCN1C(=O)C(=O)/C(=C(\O)c2ccc(F)cc2)C1c1ccccc1Cl. The zero-order chi connectivity index (χ0) is 22.5. The Bertz CT molecular complexity index is 1030. The minimum Gasteiger partial charge on any atom is -0.507 e. The van der Waals surface area contributed by atoms with Crippen LogP contribution in [0.2, 0.25) is 5.02 Å². The normalized spacial score (nSPS) is 17.9. The Balaban J connectivity index is 1.99. The molecule has 2 N–H and O–H groups in total. The molecule has 2 aromatic carbocycles. The van der Waals surface area contributed by atoms with Crippen LogP contribution in [-0.4, -0.2) is 39.3 Å². The molecule has 3 rings (SSSR count). The molecular formula is C23H21ClFNO5. The molecule has 0 bridgehead atoms. The summed E-state index contributed by atoms with van der Waals surface area (Å²) in [5.74, 6) is -3.42. The summed E-state index contributed by atoms with van der Waals surface area (Å²) in [4.78, 5) is 37.7. The molecule has 1 atom stereocenters. The van der Waals surface area contributed by atoms with E-state index >= 15 is 0 Å². The lowest BCUT2D eigenvalue weighted by Crippen LogP contribution is -2.30. The third-order valence-electron chi connectivity index (χ3n) is 5.15. The van der Waals surface area contributed by atoms with Crippen molar-refractivity contribution in [2.24, 2.45) is 0 Å². The fourth-order valence-corrected chi connectivity index (χ4v) is 3.87. The summed E-state index contributed by atoms with van der Waals surface area (Å²) >= 11 is 6.35. The topological polar surface area (TPSA) is 94.9 Å². The van der Waals surface area contributed by atoms with E-state index in [9.17, 15) is 23.9 Å². The number of aliphatic hydroxyl groups excluding tert-OH is 1. The molecular weight excluding hydrogens is 425 g/mol. The van der Waals surface area contributed by atoms with Crippen LogP contribution in [0.25, 0.3) is 5.76 Å². The first-order chi connectivity index (χ1) is 14.8. The summed E-state index contributed by atoms with van der Waals surface area (Å²) in [6.07, 6.45) is 1.52. The summed E-state index contributed by atoms with van der Waals surface area (Å²) in [5, 5.41) is 20.0. The highest BCUT2D eigenvalue weighted by Crippen LogP contribution is 2.41. The van der Waals surface area contributed by atoms with Crippen LogP contribution in [0.3, 0.4) is 0 Å². The van der Waals surface area contributed by atoms with E-state index in [4.69, 9.17) is 16.7 Å². The van der Waals surface area contributed by atoms with Crippen LogP contribution in [0.1, 0.15) is 42.9 Å². The number of likely N-dealkylation sites (tertiary alicyclic amines) is 1. The molecule has 1 aliphatic heterocycles. The molecule has 1 heterocycles. The number of unbranched alkanes of at least 4 members (excludes halogenated alkanes) is 2. The first kappa shape index (κ1) is 22.5. The van der Waals surface area contributed by atoms with Gasteiger partial charge in [-0.25, -0.2) is 4.39 Å². The zero-order valence-corrected chi connectivity index (χ0v) is 17.3. The second-order valence-electron chi connectivity index (χ2n) is 7.23. The number of amides is 1. The number of rotatable bonds is 8. The van der Waals surface area contributed by atoms with Crippen molar-refractivity contribution in [3.63, 3.8) is 0 Å². The van der Waals surface area contributed by atoms with E-state index in [-0.39, 0.29) is 24.1 Å². The van der Waals surface area contributed by atoms with Gasteiger partial charge in [0.1, 0.15) is 11.6 Å². The number of benzene rings is 2. The Hall–Kier alpha value is -3.19. The number of carbonyl (C=O) groups excluding carboxylic acids is 2. The van der Waals surface area contributed by atoms with Gasteiger partial charge in [0.25, 0.3) is 11.7 Å². The van der Waals surface area contributed by atoms with Crippen LogP contribution in [0, 0.1) is 5.82 Å². The highest BCUT2D eigenvalue weighted by atomic mass is 35.5. The number of halogens is 2. The summed E-state index contributed by atoms with van der Waals surface area (Å²) in [6.45, 7) is 0.195. The molecule has 31 heavy (non-hydrogen) atoms. The number of carboxylic acid groups (broad SMARTS) is 1. The van der Waals surface area contributed by atoms with Crippen molar-refractivity contribution in [2.45, 2.75) is 31.7 Å². The maximum Gasteiger partial charge on any atom is 0.303 e. The first-order valence-electron chi connectivity index (χ1n) is 9.82. The monoisotopic (exact) mass is 445 g/mol.